The molecule has 0 aliphatic rings. The molecular formula is C14H15N3O4. The van der Waals surface area contributed by atoms with Gasteiger partial charge in [-0.05, 0) is 30.7 Å². The summed E-state index contributed by atoms with van der Waals surface area (Å²) in [6.07, 6.45) is 0.0291. The number of rotatable bonds is 5. The molecule has 0 radical (unpaired) electrons. The number of nitriles is 1. The summed E-state index contributed by atoms with van der Waals surface area (Å²) < 4.78 is 0. The van der Waals surface area contributed by atoms with E-state index in [0.717, 1.165) is 0 Å². The Morgan fingerprint density at radius 2 is 1.86 bits per heavy atom. The lowest BCUT2D eigenvalue weighted by Crippen LogP contribution is -2.40. The third-order valence-electron chi connectivity index (χ3n) is 2.73. The van der Waals surface area contributed by atoms with Gasteiger partial charge in [0.1, 0.15) is 0 Å². The summed E-state index contributed by atoms with van der Waals surface area (Å²) in [6, 6.07) is 7.66. The van der Waals surface area contributed by atoms with Gasteiger partial charge in [0.05, 0.1) is 11.6 Å². The standard InChI is InChI=1S/C14H15N3O4/c1-17(11-7-5-10(9-15)6-8-11)14(21)16-12(18)3-2-4-13(19)20/h5-8H,2-4H2,1H3,(H,19,20)(H,16,18,21). The summed E-state index contributed by atoms with van der Waals surface area (Å²) in [5, 5.41) is 19.3. The van der Waals surface area contributed by atoms with Crippen molar-refractivity contribution >= 4 is 23.6 Å². The molecule has 0 aromatic heterocycles. The smallest absolute Gasteiger partial charge is 0.328 e. The first-order chi connectivity index (χ1) is 9.93. The van der Waals surface area contributed by atoms with Crippen LogP contribution in [0, 0.1) is 11.3 Å². The second-order valence-corrected chi connectivity index (χ2v) is 4.32. The van der Waals surface area contributed by atoms with Gasteiger partial charge in [-0.25, -0.2) is 4.79 Å². The van der Waals surface area contributed by atoms with E-state index >= 15 is 0 Å². The van der Waals surface area contributed by atoms with Crippen LogP contribution >= 0.6 is 0 Å². The van der Waals surface area contributed by atoms with Gasteiger partial charge >= 0.3 is 12.0 Å². The van der Waals surface area contributed by atoms with Crippen LogP contribution in [0.1, 0.15) is 24.8 Å². The molecule has 2 N–H and O–H groups in total. The van der Waals surface area contributed by atoms with Gasteiger partial charge in [-0.2, -0.15) is 5.26 Å². The minimum absolute atomic E-state index is 0.0285. The van der Waals surface area contributed by atoms with Crippen LogP contribution in [-0.2, 0) is 9.59 Å². The van der Waals surface area contributed by atoms with Crippen LogP contribution in [0.5, 0.6) is 0 Å². The van der Waals surface area contributed by atoms with Crippen molar-refractivity contribution in [1.82, 2.24) is 5.32 Å². The van der Waals surface area contributed by atoms with Crippen molar-refractivity contribution in [3.63, 3.8) is 0 Å². The van der Waals surface area contributed by atoms with E-state index in [4.69, 9.17) is 10.4 Å². The van der Waals surface area contributed by atoms with E-state index in [-0.39, 0.29) is 19.3 Å². The predicted molar refractivity (Wildman–Crippen MR) is 74.6 cm³/mol. The number of hydrogen-bond acceptors (Lipinski definition) is 4. The summed E-state index contributed by atoms with van der Waals surface area (Å²) >= 11 is 0. The lowest BCUT2D eigenvalue weighted by molar-refractivity contribution is -0.137. The number of urea groups is 1. The predicted octanol–water partition coefficient (Wildman–Crippen LogP) is 1.49. The zero-order valence-electron chi connectivity index (χ0n) is 11.5. The van der Waals surface area contributed by atoms with Gasteiger partial charge in [-0.3, -0.25) is 19.8 Å². The number of carboxylic acids is 1. The van der Waals surface area contributed by atoms with E-state index in [0.29, 0.717) is 11.3 Å². The fraction of sp³-hybridized carbons (Fsp3) is 0.286. The maximum atomic E-state index is 11.8. The molecule has 3 amide bonds. The van der Waals surface area contributed by atoms with Crippen molar-refractivity contribution in [2.24, 2.45) is 0 Å². The number of carbonyl (C=O) groups excluding carboxylic acids is 2. The van der Waals surface area contributed by atoms with Gasteiger partial charge in [0.25, 0.3) is 0 Å². The topological polar surface area (TPSA) is 110 Å². The summed E-state index contributed by atoms with van der Waals surface area (Å²) in [7, 11) is 1.49. The third-order valence-corrected chi connectivity index (χ3v) is 2.73. The van der Waals surface area contributed by atoms with Crippen LogP contribution in [0.25, 0.3) is 0 Å². The van der Waals surface area contributed by atoms with Gasteiger partial charge in [-0.15, -0.1) is 0 Å². The van der Waals surface area contributed by atoms with Gasteiger partial charge in [0, 0.05) is 25.6 Å². The molecule has 0 spiro atoms. The zero-order valence-corrected chi connectivity index (χ0v) is 11.5. The molecule has 1 aromatic carbocycles. The van der Waals surface area contributed by atoms with E-state index in [1.165, 1.54) is 11.9 Å². The fourth-order valence-electron chi connectivity index (χ4n) is 1.54. The number of nitrogens with one attached hydrogen (secondary N) is 1. The minimum Gasteiger partial charge on any atom is -0.481 e. The Morgan fingerprint density at radius 3 is 2.38 bits per heavy atom. The van der Waals surface area contributed by atoms with Gasteiger partial charge in [0.2, 0.25) is 5.91 Å². The summed E-state index contributed by atoms with van der Waals surface area (Å²) in [5.74, 6) is -1.51. The van der Waals surface area contributed by atoms with Crippen molar-refractivity contribution in [2.45, 2.75) is 19.3 Å². The Kier molecular flexibility index (Phi) is 5.89. The number of amides is 3. The van der Waals surface area contributed by atoms with Crippen LogP contribution in [0.15, 0.2) is 24.3 Å². The first-order valence-electron chi connectivity index (χ1n) is 6.23. The van der Waals surface area contributed by atoms with Crippen LogP contribution in [-0.4, -0.2) is 30.1 Å². The Labute approximate surface area is 121 Å². The quantitative estimate of drug-likeness (QED) is 0.853. The van der Waals surface area contributed by atoms with Crippen molar-refractivity contribution < 1.29 is 19.5 Å². The molecule has 0 atom stereocenters. The first-order valence-corrected chi connectivity index (χ1v) is 6.23. The summed E-state index contributed by atoms with van der Waals surface area (Å²) in [6.45, 7) is 0. The molecule has 0 bridgehead atoms. The summed E-state index contributed by atoms with van der Waals surface area (Å²) in [4.78, 5) is 34.8. The van der Waals surface area contributed by atoms with Crippen molar-refractivity contribution in [2.75, 3.05) is 11.9 Å². The Morgan fingerprint density at radius 1 is 1.24 bits per heavy atom. The fourth-order valence-corrected chi connectivity index (χ4v) is 1.54. The highest BCUT2D eigenvalue weighted by atomic mass is 16.4. The molecule has 0 fully saturated rings. The number of aliphatic carboxylic acids is 1. The molecule has 0 saturated heterocycles. The molecule has 0 heterocycles. The SMILES string of the molecule is CN(C(=O)NC(=O)CCCC(=O)O)c1ccc(C#N)cc1. The highest BCUT2D eigenvalue weighted by Gasteiger charge is 2.14. The molecule has 1 aromatic rings. The van der Waals surface area contributed by atoms with Crippen LogP contribution in [0.4, 0.5) is 10.5 Å². The number of hydrogen-bond donors (Lipinski definition) is 2. The average molecular weight is 289 g/mol. The van der Waals surface area contributed by atoms with E-state index in [2.05, 4.69) is 5.32 Å². The maximum absolute atomic E-state index is 11.8. The lowest BCUT2D eigenvalue weighted by atomic mass is 10.2. The Balaban J connectivity index is 2.52. The number of benzene rings is 1. The van der Waals surface area contributed by atoms with Crippen LogP contribution in [0.2, 0.25) is 0 Å². The second kappa shape index (κ2) is 7.65. The number of carbonyl (C=O) groups is 3. The number of nitrogens with zero attached hydrogens (tertiary/aromatic N) is 2. The normalized spacial score (nSPS) is 9.52. The number of anilines is 1. The highest BCUT2D eigenvalue weighted by molar-refractivity contribution is 6.02. The molecule has 21 heavy (non-hydrogen) atoms. The largest absolute Gasteiger partial charge is 0.481 e. The van der Waals surface area contributed by atoms with Crippen LogP contribution < -0.4 is 10.2 Å². The second-order valence-electron chi connectivity index (χ2n) is 4.32. The van der Waals surface area contributed by atoms with E-state index < -0.39 is 17.9 Å². The van der Waals surface area contributed by atoms with Gasteiger partial charge in [-0.1, -0.05) is 0 Å². The summed E-state index contributed by atoms with van der Waals surface area (Å²) in [5.41, 5.74) is 1.00. The number of imide groups is 1. The molecule has 0 saturated carbocycles. The lowest BCUT2D eigenvalue weighted by Gasteiger charge is -2.17. The average Bonchev–Trinajstić information content (AvgIpc) is 2.46. The Hall–Kier alpha value is -2.88. The van der Waals surface area contributed by atoms with Gasteiger partial charge < -0.3 is 5.11 Å². The van der Waals surface area contributed by atoms with E-state index in [9.17, 15) is 14.4 Å². The Bertz CT molecular complexity index is 575. The van der Waals surface area contributed by atoms with Crippen molar-refractivity contribution in [1.29, 1.82) is 5.26 Å². The molecule has 7 nitrogen and oxygen atoms in total. The molecule has 1 rings (SSSR count). The highest BCUT2D eigenvalue weighted by Crippen LogP contribution is 2.13. The van der Waals surface area contributed by atoms with Crippen molar-refractivity contribution in [3.8, 4) is 6.07 Å². The molecule has 110 valence electrons. The molecule has 0 aliphatic heterocycles. The maximum Gasteiger partial charge on any atom is 0.328 e. The molecular weight excluding hydrogens is 274 g/mol. The monoisotopic (exact) mass is 289 g/mol. The van der Waals surface area contributed by atoms with Crippen LogP contribution in [0.3, 0.4) is 0 Å². The first kappa shape index (κ1) is 16.2. The molecule has 7 heteroatoms. The zero-order chi connectivity index (χ0) is 15.8. The number of carboxylic acid groups (broad SMARTS) is 1. The molecule has 0 aliphatic carbocycles. The molecule has 0 unspecified atom stereocenters. The van der Waals surface area contributed by atoms with Crippen molar-refractivity contribution in [3.05, 3.63) is 29.8 Å². The third kappa shape index (κ3) is 5.32. The minimum atomic E-state index is -0.983. The van der Waals surface area contributed by atoms with E-state index in [1.807, 2.05) is 6.07 Å². The van der Waals surface area contributed by atoms with E-state index in [1.54, 1.807) is 24.3 Å². The van der Waals surface area contributed by atoms with Gasteiger partial charge in [0.15, 0.2) is 0 Å².